The summed E-state index contributed by atoms with van der Waals surface area (Å²) in [6.07, 6.45) is 19.4. The van der Waals surface area contributed by atoms with E-state index in [-0.39, 0.29) is 11.7 Å². The minimum absolute atomic E-state index is 0.126. The first-order valence-electron chi connectivity index (χ1n) is 9.10. The van der Waals surface area contributed by atoms with Crippen LogP contribution in [0.2, 0.25) is 0 Å². The lowest BCUT2D eigenvalue weighted by molar-refractivity contribution is -0.111. The summed E-state index contributed by atoms with van der Waals surface area (Å²) in [5.41, 5.74) is 0.887. The summed E-state index contributed by atoms with van der Waals surface area (Å²) >= 11 is 0. The van der Waals surface area contributed by atoms with Crippen LogP contribution in [0.1, 0.15) is 64.7 Å². The van der Waals surface area contributed by atoms with E-state index in [1.807, 2.05) is 12.2 Å². The second-order valence-electron chi connectivity index (χ2n) is 6.16. The summed E-state index contributed by atoms with van der Waals surface area (Å²) in [5, 5.41) is 0. The molecule has 0 saturated carbocycles. The van der Waals surface area contributed by atoms with Crippen molar-refractivity contribution >= 4 is 11.7 Å². The number of ether oxygens (including phenoxy) is 1. The van der Waals surface area contributed by atoms with Crippen LogP contribution < -0.4 is 0 Å². The molecule has 1 aliphatic carbocycles. The van der Waals surface area contributed by atoms with E-state index in [1.165, 1.54) is 32.8 Å². The molecule has 0 heterocycles. The molecule has 0 unspecified atom stereocenters. The van der Waals surface area contributed by atoms with Crippen LogP contribution >= 0.6 is 0 Å². The average Bonchev–Trinajstić information content (AvgIpc) is 2.94. The van der Waals surface area contributed by atoms with Gasteiger partial charge in [-0.3, -0.25) is 4.79 Å². The van der Waals surface area contributed by atoms with Crippen molar-refractivity contribution in [3.8, 4) is 0 Å². The molecule has 0 bridgehead atoms. The molecule has 0 aliphatic heterocycles. The van der Waals surface area contributed by atoms with Crippen molar-refractivity contribution in [2.24, 2.45) is 5.92 Å². The van der Waals surface area contributed by atoms with Gasteiger partial charge in [0, 0.05) is 17.9 Å². The van der Waals surface area contributed by atoms with Crippen molar-refractivity contribution in [1.29, 1.82) is 0 Å². The van der Waals surface area contributed by atoms with Gasteiger partial charge in [-0.1, -0.05) is 50.5 Å². The van der Waals surface area contributed by atoms with Gasteiger partial charge in [-0.25, -0.2) is 4.79 Å². The monoisotopic (exact) mass is 330 g/mol. The van der Waals surface area contributed by atoms with Gasteiger partial charge < -0.3 is 4.74 Å². The number of allylic oxidation sites excluding steroid dienone is 7. The lowest BCUT2D eigenvalue weighted by Gasteiger charge is -2.05. The first-order valence-corrected chi connectivity index (χ1v) is 9.10. The molecule has 24 heavy (non-hydrogen) atoms. The van der Waals surface area contributed by atoms with Gasteiger partial charge in [0.15, 0.2) is 17.5 Å². The smallest absolute Gasteiger partial charge is 0.182 e. The van der Waals surface area contributed by atoms with E-state index in [2.05, 4.69) is 19.1 Å². The van der Waals surface area contributed by atoms with E-state index in [4.69, 9.17) is 4.74 Å². The quantitative estimate of drug-likeness (QED) is 0.164. The van der Waals surface area contributed by atoms with E-state index in [1.54, 1.807) is 12.0 Å². The number of carbonyl (C=O) groups is 1. The van der Waals surface area contributed by atoms with Crippen molar-refractivity contribution < 1.29 is 14.3 Å². The Labute approximate surface area is 146 Å². The molecule has 132 valence electrons. The summed E-state index contributed by atoms with van der Waals surface area (Å²) in [6.45, 7) is 2.22. The Hall–Kier alpha value is -1.86. The van der Waals surface area contributed by atoms with Crippen LogP contribution in [0.4, 0.5) is 0 Å². The molecule has 0 aromatic carbocycles. The van der Waals surface area contributed by atoms with E-state index in [0.29, 0.717) is 12.2 Å². The zero-order chi connectivity index (χ0) is 17.6. The van der Waals surface area contributed by atoms with Crippen LogP contribution in [-0.2, 0) is 14.3 Å². The molecule has 1 atom stereocenters. The normalized spacial score (nSPS) is 18.5. The number of rotatable bonds is 12. The number of hydrogen-bond donors (Lipinski definition) is 0. The SMILES string of the molecule is CCCCCCC=C[C@H]1C=CC(=O)C1=CCCCCC(=C=O)OC. The lowest BCUT2D eigenvalue weighted by Crippen LogP contribution is -2.00. The van der Waals surface area contributed by atoms with Crippen LogP contribution in [0.15, 0.2) is 41.7 Å². The molecule has 3 nitrogen and oxygen atoms in total. The van der Waals surface area contributed by atoms with Gasteiger partial charge >= 0.3 is 0 Å². The van der Waals surface area contributed by atoms with Crippen molar-refractivity contribution in [1.82, 2.24) is 0 Å². The standard InChI is InChI=1S/C21H30O3/c1-3-4-5-6-7-9-12-18-15-16-21(23)20(18)14-11-8-10-13-19(17-22)24-2/h9,12,14-16,18H,3-8,10-11,13H2,1-2H3/t18-/m0/s1. The minimum Gasteiger partial charge on any atom is -0.490 e. The highest BCUT2D eigenvalue weighted by Crippen LogP contribution is 2.24. The van der Waals surface area contributed by atoms with E-state index >= 15 is 0 Å². The maximum Gasteiger partial charge on any atom is 0.182 e. The first kappa shape index (κ1) is 20.2. The van der Waals surface area contributed by atoms with Gasteiger partial charge in [0.05, 0.1) is 7.11 Å². The Balaban J connectivity index is 2.36. The molecule has 1 rings (SSSR count). The van der Waals surface area contributed by atoms with Crippen LogP contribution in [-0.4, -0.2) is 18.8 Å². The molecule has 0 spiro atoms. The highest BCUT2D eigenvalue weighted by Gasteiger charge is 2.19. The lowest BCUT2D eigenvalue weighted by atomic mass is 9.98. The summed E-state index contributed by atoms with van der Waals surface area (Å²) < 4.78 is 4.90. The number of ketones is 1. The van der Waals surface area contributed by atoms with Crippen LogP contribution in [0.5, 0.6) is 0 Å². The van der Waals surface area contributed by atoms with Crippen LogP contribution in [0, 0.1) is 5.92 Å². The number of hydrogen-bond acceptors (Lipinski definition) is 3. The van der Waals surface area contributed by atoms with Crippen molar-refractivity contribution in [3.63, 3.8) is 0 Å². The van der Waals surface area contributed by atoms with E-state index < -0.39 is 0 Å². The summed E-state index contributed by atoms with van der Waals surface area (Å²) in [7, 11) is 1.49. The Morgan fingerprint density at radius 3 is 2.71 bits per heavy atom. The summed E-state index contributed by atoms with van der Waals surface area (Å²) in [5.74, 6) is 2.42. The first-order chi connectivity index (χ1) is 11.7. The second kappa shape index (κ2) is 12.5. The molecule has 1 aliphatic rings. The molecule has 0 aromatic rings. The topological polar surface area (TPSA) is 43.4 Å². The fourth-order valence-electron chi connectivity index (χ4n) is 2.77. The molecule has 0 amide bonds. The molecule has 0 fully saturated rings. The predicted octanol–water partition coefficient (Wildman–Crippen LogP) is 5.12. The highest BCUT2D eigenvalue weighted by molar-refractivity contribution is 6.07. The number of carbonyl (C=O) groups excluding carboxylic acids is 2. The summed E-state index contributed by atoms with van der Waals surface area (Å²) in [4.78, 5) is 22.5. The van der Waals surface area contributed by atoms with Gasteiger partial charge in [0.25, 0.3) is 0 Å². The zero-order valence-electron chi connectivity index (χ0n) is 15.1. The van der Waals surface area contributed by atoms with Crippen LogP contribution in [0.3, 0.4) is 0 Å². The average molecular weight is 330 g/mol. The Morgan fingerprint density at radius 2 is 2.00 bits per heavy atom. The maximum absolute atomic E-state index is 12.0. The number of unbranched alkanes of at least 4 members (excludes halogenated alkanes) is 6. The zero-order valence-corrected chi connectivity index (χ0v) is 15.1. The van der Waals surface area contributed by atoms with E-state index in [9.17, 15) is 9.59 Å². The number of methoxy groups -OCH3 is 1. The van der Waals surface area contributed by atoms with E-state index in [0.717, 1.165) is 31.3 Å². The highest BCUT2D eigenvalue weighted by atomic mass is 16.5. The summed E-state index contributed by atoms with van der Waals surface area (Å²) in [6, 6.07) is 0. The van der Waals surface area contributed by atoms with Gasteiger partial charge in [-0.05, 0) is 38.2 Å². The third-order valence-corrected chi connectivity index (χ3v) is 4.25. The van der Waals surface area contributed by atoms with Crippen LogP contribution in [0.25, 0.3) is 0 Å². The molecule has 0 radical (unpaired) electrons. The van der Waals surface area contributed by atoms with Crippen molar-refractivity contribution in [2.75, 3.05) is 7.11 Å². The van der Waals surface area contributed by atoms with Crippen molar-refractivity contribution in [2.45, 2.75) is 64.7 Å². The molecule has 3 heteroatoms. The molecule has 0 aromatic heterocycles. The fraction of sp³-hybridized carbons (Fsp3) is 0.571. The van der Waals surface area contributed by atoms with Gasteiger partial charge in [0.2, 0.25) is 0 Å². The minimum atomic E-state index is 0.126. The van der Waals surface area contributed by atoms with Gasteiger partial charge in [-0.2, -0.15) is 0 Å². The third kappa shape index (κ3) is 7.61. The third-order valence-electron chi connectivity index (χ3n) is 4.25. The maximum atomic E-state index is 12.0. The Bertz CT molecular complexity index is 519. The molecular weight excluding hydrogens is 300 g/mol. The Morgan fingerprint density at radius 1 is 1.21 bits per heavy atom. The van der Waals surface area contributed by atoms with Gasteiger partial charge in [-0.15, -0.1) is 0 Å². The molecule has 0 N–H and O–H groups in total. The molecular formula is C21H30O3. The van der Waals surface area contributed by atoms with Crippen molar-refractivity contribution in [3.05, 3.63) is 41.7 Å². The fourth-order valence-corrected chi connectivity index (χ4v) is 2.77. The Kier molecular flexibility index (Phi) is 10.6. The molecule has 0 saturated heterocycles. The predicted molar refractivity (Wildman–Crippen MR) is 98.3 cm³/mol. The second-order valence-corrected chi connectivity index (χ2v) is 6.16. The van der Waals surface area contributed by atoms with Gasteiger partial charge in [0.1, 0.15) is 0 Å². The largest absolute Gasteiger partial charge is 0.490 e.